The van der Waals surface area contributed by atoms with E-state index in [0.717, 1.165) is 32.8 Å². The number of alkyl halides is 7. The Morgan fingerprint density at radius 3 is 2.54 bits per heavy atom. The quantitative estimate of drug-likeness (QED) is 0.259. The first-order chi connectivity index (χ1) is 26.3. The lowest BCUT2D eigenvalue weighted by Crippen LogP contribution is -2.55. The number of halogens is 8. The molecule has 298 valence electrons. The van der Waals surface area contributed by atoms with Crippen molar-refractivity contribution in [2.45, 2.75) is 63.5 Å². The lowest BCUT2D eigenvalue weighted by Gasteiger charge is -2.41. The number of piperidine rings is 1. The number of aromatic nitrogens is 6. The number of fused-ring (bicyclic) bond motifs is 3. The Morgan fingerprint density at radius 1 is 1.14 bits per heavy atom. The van der Waals surface area contributed by atoms with Crippen LogP contribution in [0.1, 0.15) is 64.7 Å². The minimum absolute atomic E-state index is 0.00296. The van der Waals surface area contributed by atoms with Crippen LogP contribution in [0.25, 0.3) is 11.4 Å². The average Bonchev–Trinajstić information content (AvgIpc) is 3.69. The van der Waals surface area contributed by atoms with Crippen LogP contribution in [-0.2, 0) is 27.9 Å². The number of nitrogens with zero attached hydrogens (tertiary/aromatic N) is 8. The number of hydrogen-bond donors (Lipinski definition) is 2. The summed E-state index contributed by atoms with van der Waals surface area (Å²) in [5.41, 5.74) is -4.04. The van der Waals surface area contributed by atoms with Crippen LogP contribution in [0.4, 0.5) is 36.4 Å². The van der Waals surface area contributed by atoms with E-state index in [2.05, 4.69) is 25.4 Å². The standard InChI is InChI=1S/C34H31ClF7N9O5/c1-16-27(53)25(44-15-43-16)30(55)49-10-7-32(22(36)12-49)24-26(17(2)56-32)50(13-23(52)45-21-4-3-19(11-20(21)35)34(40,41)42)31-46-28(47-51(31)29(24)54)18-5-8-48(9-6-18)14-33(37,38)39/h3-5,11,15,17,22,53H,6-10,12-14H2,1-2H3,(H,45,52)/t17-,22+,32+/m1/s1. The third-order valence-corrected chi connectivity index (χ3v) is 10.3. The van der Waals surface area contributed by atoms with Crippen molar-refractivity contribution in [1.82, 2.24) is 38.9 Å². The molecule has 1 spiro atoms. The van der Waals surface area contributed by atoms with Crippen LogP contribution < -0.4 is 10.9 Å². The van der Waals surface area contributed by atoms with Gasteiger partial charge in [-0.05, 0) is 44.0 Å². The molecule has 0 aliphatic carbocycles. The van der Waals surface area contributed by atoms with Crippen molar-refractivity contribution in [1.29, 1.82) is 0 Å². The fourth-order valence-corrected chi connectivity index (χ4v) is 7.54. The van der Waals surface area contributed by atoms with Gasteiger partial charge in [0, 0.05) is 26.1 Å². The van der Waals surface area contributed by atoms with E-state index in [1.807, 2.05) is 0 Å². The van der Waals surface area contributed by atoms with Gasteiger partial charge >= 0.3 is 12.4 Å². The second-order valence-electron chi connectivity index (χ2n) is 13.6. The molecule has 3 aromatic heterocycles. The highest BCUT2D eigenvalue weighted by Crippen LogP contribution is 2.49. The van der Waals surface area contributed by atoms with Crippen molar-refractivity contribution in [2.75, 3.05) is 38.0 Å². The summed E-state index contributed by atoms with van der Waals surface area (Å²) in [6.07, 6.45) is -9.87. The Kier molecular flexibility index (Phi) is 9.84. The van der Waals surface area contributed by atoms with Crippen LogP contribution in [0, 0.1) is 6.92 Å². The first kappa shape index (κ1) is 39.1. The molecule has 0 bridgehead atoms. The number of carbonyl (C=O) groups excluding carboxylic acids is 2. The Hall–Kier alpha value is -5.15. The maximum Gasteiger partial charge on any atom is 0.416 e. The van der Waals surface area contributed by atoms with Gasteiger partial charge in [-0.15, -0.1) is 5.10 Å². The predicted octanol–water partition coefficient (Wildman–Crippen LogP) is 4.83. The summed E-state index contributed by atoms with van der Waals surface area (Å²) in [6, 6.07) is 2.32. The predicted molar refractivity (Wildman–Crippen MR) is 182 cm³/mol. The van der Waals surface area contributed by atoms with E-state index >= 15 is 4.39 Å². The van der Waals surface area contributed by atoms with Gasteiger partial charge in [-0.1, -0.05) is 17.7 Å². The van der Waals surface area contributed by atoms with Crippen molar-refractivity contribution in [3.8, 4) is 5.75 Å². The molecule has 3 aliphatic heterocycles. The van der Waals surface area contributed by atoms with Crippen molar-refractivity contribution in [2.24, 2.45) is 0 Å². The summed E-state index contributed by atoms with van der Waals surface area (Å²) in [4.78, 5) is 55.8. The Labute approximate surface area is 316 Å². The van der Waals surface area contributed by atoms with Crippen molar-refractivity contribution in [3.63, 3.8) is 0 Å². The molecule has 7 rings (SSSR count). The summed E-state index contributed by atoms with van der Waals surface area (Å²) in [6.45, 7) is 0.304. The molecule has 2 amide bonds. The summed E-state index contributed by atoms with van der Waals surface area (Å²) >= 11 is 6.08. The minimum Gasteiger partial charge on any atom is -0.504 e. The minimum atomic E-state index is -4.70. The number of likely N-dealkylation sites (tertiary alicyclic amines) is 1. The monoisotopic (exact) mass is 813 g/mol. The fraction of sp³-hybridized carbons (Fsp3) is 0.441. The van der Waals surface area contributed by atoms with Gasteiger partial charge in [-0.3, -0.25) is 19.3 Å². The zero-order valence-electron chi connectivity index (χ0n) is 29.4. The molecule has 6 heterocycles. The van der Waals surface area contributed by atoms with Crippen molar-refractivity contribution in [3.05, 3.63) is 80.0 Å². The van der Waals surface area contributed by atoms with Gasteiger partial charge in [-0.2, -0.15) is 35.8 Å². The lowest BCUT2D eigenvalue weighted by atomic mass is 9.83. The fourth-order valence-electron chi connectivity index (χ4n) is 7.32. The SMILES string of the molecule is Cc1ncnc(C(=O)N2CC[C@]3(O[C@H](C)c4c3c(=O)n3nc(C5=CCN(CC(F)(F)F)CC5)nc3n4CC(=O)Nc3ccc(C(F)(F)F)cc3Cl)[C@@H](F)C2)c1O. The van der Waals surface area contributed by atoms with Crippen LogP contribution in [0.2, 0.25) is 5.02 Å². The number of carbonyl (C=O) groups is 2. The summed E-state index contributed by atoms with van der Waals surface area (Å²) in [7, 11) is 0. The largest absolute Gasteiger partial charge is 0.504 e. The number of hydrogen-bond acceptors (Lipinski definition) is 10. The normalized spacial score (nSPS) is 21.8. The summed E-state index contributed by atoms with van der Waals surface area (Å²) in [5, 5.41) is 16.8. The molecule has 0 unspecified atom stereocenters. The van der Waals surface area contributed by atoms with Crippen molar-refractivity contribution < 1.29 is 50.2 Å². The molecule has 1 saturated heterocycles. The summed E-state index contributed by atoms with van der Waals surface area (Å²) in [5.74, 6) is -2.35. The molecule has 0 saturated carbocycles. The number of anilines is 1. The van der Waals surface area contributed by atoms with E-state index in [-0.39, 0.29) is 72.4 Å². The van der Waals surface area contributed by atoms with E-state index in [1.54, 1.807) is 0 Å². The van der Waals surface area contributed by atoms with Crippen molar-refractivity contribution >= 4 is 40.5 Å². The van der Waals surface area contributed by atoms with Gasteiger partial charge in [0.15, 0.2) is 23.4 Å². The highest BCUT2D eigenvalue weighted by molar-refractivity contribution is 6.33. The first-order valence-electron chi connectivity index (χ1n) is 17.1. The number of ether oxygens (including phenoxy) is 1. The van der Waals surface area contributed by atoms with E-state index in [0.29, 0.717) is 11.6 Å². The molecule has 2 N–H and O–H groups in total. The van der Waals surface area contributed by atoms with E-state index in [4.69, 9.17) is 16.3 Å². The third kappa shape index (κ3) is 7.06. The van der Waals surface area contributed by atoms with E-state index in [9.17, 15) is 45.8 Å². The van der Waals surface area contributed by atoms with Crippen LogP contribution >= 0.6 is 11.6 Å². The Bertz CT molecular complexity index is 2350. The Morgan fingerprint density at radius 2 is 1.89 bits per heavy atom. The lowest BCUT2D eigenvalue weighted by molar-refractivity contribution is -0.145. The Balaban J connectivity index is 1.28. The second kappa shape index (κ2) is 14.1. The molecule has 4 aromatic rings. The number of benzene rings is 1. The summed E-state index contributed by atoms with van der Waals surface area (Å²) < 4.78 is 104. The van der Waals surface area contributed by atoms with Gasteiger partial charge in [0.2, 0.25) is 11.7 Å². The molecule has 22 heteroatoms. The van der Waals surface area contributed by atoms with Gasteiger partial charge in [0.1, 0.15) is 18.5 Å². The molecule has 3 atom stereocenters. The van der Waals surface area contributed by atoms with Crippen LogP contribution in [0.15, 0.2) is 35.4 Å². The maximum absolute atomic E-state index is 16.7. The number of aromatic hydroxyl groups is 1. The molecule has 0 radical (unpaired) electrons. The molecule has 14 nitrogen and oxygen atoms in total. The van der Waals surface area contributed by atoms with Gasteiger partial charge in [0.05, 0.1) is 52.4 Å². The highest BCUT2D eigenvalue weighted by atomic mass is 35.5. The number of nitrogens with one attached hydrogen (secondary N) is 1. The number of aryl methyl sites for hydroxylation is 1. The topological polar surface area (TPSA) is 160 Å². The van der Waals surface area contributed by atoms with Gasteiger partial charge < -0.3 is 24.6 Å². The van der Waals surface area contributed by atoms with Crippen LogP contribution in [0.5, 0.6) is 5.75 Å². The number of rotatable bonds is 6. The molecular weight excluding hydrogens is 783 g/mol. The average molecular weight is 814 g/mol. The molecule has 3 aliphatic rings. The highest BCUT2D eigenvalue weighted by Gasteiger charge is 2.56. The van der Waals surface area contributed by atoms with Crippen LogP contribution in [0.3, 0.4) is 0 Å². The van der Waals surface area contributed by atoms with Gasteiger partial charge in [-0.25, -0.2) is 14.4 Å². The third-order valence-electron chi connectivity index (χ3n) is 9.97. The maximum atomic E-state index is 16.7. The molecule has 1 aromatic carbocycles. The first-order valence-corrected chi connectivity index (χ1v) is 17.5. The zero-order chi connectivity index (χ0) is 40.5. The smallest absolute Gasteiger partial charge is 0.416 e. The molecule has 56 heavy (non-hydrogen) atoms. The van der Waals surface area contributed by atoms with E-state index in [1.165, 1.54) is 24.5 Å². The molecular formula is C34H31ClF7N9O5. The van der Waals surface area contributed by atoms with Crippen LogP contribution in [-0.4, -0.2) is 101 Å². The van der Waals surface area contributed by atoms with Gasteiger partial charge in [0.25, 0.3) is 11.5 Å². The number of amides is 2. The van der Waals surface area contributed by atoms with E-state index < -0.39 is 83.6 Å². The zero-order valence-corrected chi connectivity index (χ0v) is 30.1. The second-order valence-corrected chi connectivity index (χ2v) is 14.1. The molecule has 1 fully saturated rings.